The van der Waals surface area contributed by atoms with Crippen LogP contribution in [0.5, 0.6) is 5.75 Å². The van der Waals surface area contributed by atoms with Crippen molar-refractivity contribution in [3.8, 4) is 17.1 Å². The van der Waals surface area contributed by atoms with Crippen LogP contribution in [0.2, 0.25) is 0 Å². The largest absolute Gasteiger partial charge is 0.497 e. The fourth-order valence-electron chi connectivity index (χ4n) is 3.47. The van der Waals surface area contributed by atoms with Crippen LogP contribution in [0, 0.1) is 6.92 Å². The van der Waals surface area contributed by atoms with Crippen molar-refractivity contribution in [2.75, 3.05) is 12.0 Å². The van der Waals surface area contributed by atoms with E-state index in [-0.39, 0.29) is 22.0 Å². The van der Waals surface area contributed by atoms with E-state index in [1.807, 2.05) is 0 Å². The summed E-state index contributed by atoms with van der Waals surface area (Å²) in [6, 6.07) is 14.8. The molecule has 1 aliphatic heterocycles. The van der Waals surface area contributed by atoms with Gasteiger partial charge in [0.25, 0.3) is 11.8 Å². The molecule has 166 valence electrons. The summed E-state index contributed by atoms with van der Waals surface area (Å²) in [6.45, 7) is 1.69. The van der Waals surface area contributed by atoms with Crippen LogP contribution in [-0.2, 0) is 9.59 Å². The number of carbonyl (C=O) groups excluding carboxylic acids is 2. The van der Waals surface area contributed by atoms with Gasteiger partial charge in [0.1, 0.15) is 22.8 Å². The summed E-state index contributed by atoms with van der Waals surface area (Å²) < 4.78 is 10.9. The second-order valence-electron chi connectivity index (χ2n) is 7.14. The molecule has 1 saturated heterocycles. The first-order valence-corrected chi connectivity index (χ1v) is 10.2. The molecule has 2 N–H and O–H groups in total. The van der Waals surface area contributed by atoms with Crippen LogP contribution in [0.25, 0.3) is 17.4 Å². The van der Waals surface area contributed by atoms with Gasteiger partial charge in [-0.1, -0.05) is 12.1 Å². The first-order valence-electron chi connectivity index (χ1n) is 9.78. The van der Waals surface area contributed by atoms with Crippen molar-refractivity contribution in [1.29, 1.82) is 0 Å². The lowest BCUT2D eigenvalue weighted by Gasteiger charge is -2.28. The van der Waals surface area contributed by atoms with Crippen LogP contribution in [0.15, 0.2) is 64.6 Å². The molecule has 2 amide bonds. The number of methoxy groups -OCH3 is 1. The maximum atomic E-state index is 13.1. The second kappa shape index (κ2) is 8.71. The van der Waals surface area contributed by atoms with Crippen molar-refractivity contribution in [2.24, 2.45) is 0 Å². The van der Waals surface area contributed by atoms with Gasteiger partial charge in [-0.15, -0.1) is 0 Å². The van der Waals surface area contributed by atoms with Crippen LogP contribution < -0.4 is 15.0 Å². The van der Waals surface area contributed by atoms with Crippen molar-refractivity contribution in [2.45, 2.75) is 6.92 Å². The zero-order chi connectivity index (χ0) is 23.7. The third kappa shape index (κ3) is 4.13. The number of hydrogen-bond acceptors (Lipinski definition) is 6. The van der Waals surface area contributed by atoms with E-state index in [9.17, 15) is 19.5 Å². The number of nitrogens with one attached hydrogen (secondary N) is 1. The van der Waals surface area contributed by atoms with Crippen LogP contribution in [0.4, 0.5) is 5.69 Å². The quantitative estimate of drug-likeness (QED) is 0.337. The molecule has 0 aliphatic carbocycles. The third-order valence-corrected chi connectivity index (χ3v) is 5.46. The maximum absolute atomic E-state index is 13.1. The normalized spacial score (nSPS) is 15.0. The number of ether oxygens (including phenoxy) is 1. The molecule has 9 heteroatoms. The van der Waals surface area contributed by atoms with Crippen LogP contribution in [0.1, 0.15) is 21.7 Å². The highest BCUT2D eigenvalue weighted by Gasteiger charge is 2.34. The highest BCUT2D eigenvalue weighted by Crippen LogP contribution is 2.29. The number of amides is 2. The van der Waals surface area contributed by atoms with Gasteiger partial charge in [0.05, 0.1) is 18.4 Å². The fourth-order valence-corrected chi connectivity index (χ4v) is 3.76. The number of nitrogens with zero attached hydrogens (tertiary/aromatic N) is 1. The van der Waals surface area contributed by atoms with Gasteiger partial charge in [-0.3, -0.25) is 19.8 Å². The van der Waals surface area contributed by atoms with E-state index < -0.39 is 17.8 Å². The lowest BCUT2D eigenvalue weighted by Crippen LogP contribution is -2.54. The van der Waals surface area contributed by atoms with E-state index in [0.717, 1.165) is 0 Å². The number of aromatic carboxylic acids is 1. The van der Waals surface area contributed by atoms with Crippen LogP contribution >= 0.6 is 12.2 Å². The summed E-state index contributed by atoms with van der Waals surface area (Å²) in [5, 5.41) is 11.8. The van der Waals surface area contributed by atoms with E-state index in [1.165, 1.54) is 24.2 Å². The molecule has 8 nitrogen and oxygen atoms in total. The van der Waals surface area contributed by atoms with Gasteiger partial charge in [-0.2, -0.15) is 0 Å². The average Bonchev–Trinajstić information content (AvgIpc) is 3.25. The number of thiocarbonyl (C=S) groups is 1. The number of carboxylic acids is 1. The van der Waals surface area contributed by atoms with Gasteiger partial charge in [0.15, 0.2) is 5.11 Å². The van der Waals surface area contributed by atoms with Gasteiger partial charge in [-0.05, 0) is 73.2 Å². The minimum Gasteiger partial charge on any atom is -0.497 e. The molecular formula is C24H18N2O6S. The van der Waals surface area contributed by atoms with E-state index in [1.54, 1.807) is 55.5 Å². The Morgan fingerprint density at radius 2 is 1.85 bits per heavy atom. The number of carbonyl (C=O) groups is 3. The van der Waals surface area contributed by atoms with Gasteiger partial charge in [-0.25, -0.2) is 4.79 Å². The molecule has 0 saturated carbocycles. The molecule has 4 rings (SSSR count). The van der Waals surface area contributed by atoms with Crippen LogP contribution in [-0.4, -0.2) is 35.1 Å². The molecule has 1 fully saturated rings. The number of rotatable bonds is 5. The Hall–Kier alpha value is -4.24. The lowest BCUT2D eigenvalue weighted by atomic mass is 10.0. The third-order valence-electron chi connectivity index (χ3n) is 5.18. The first-order chi connectivity index (χ1) is 15.8. The summed E-state index contributed by atoms with van der Waals surface area (Å²) in [5.74, 6) is -1.01. The van der Waals surface area contributed by atoms with Crippen molar-refractivity contribution in [3.05, 3.63) is 77.1 Å². The number of hydrogen-bond donors (Lipinski definition) is 2. The molecule has 0 unspecified atom stereocenters. The minimum absolute atomic E-state index is 0.0337. The molecular weight excluding hydrogens is 444 g/mol. The molecule has 0 atom stereocenters. The predicted octanol–water partition coefficient (Wildman–Crippen LogP) is 3.79. The van der Waals surface area contributed by atoms with Crippen LogP contribution in [0.3, 0.4) is 0 Å². The monoisotopic (exact) mass is 462 g/mol. The SMILES string of the molecule is COc1ccc(N2C(=O)C(=Cc3ccc(-c4cccc(C(=O)O)c4C)o3)C(=O)NC2=S)cc1. The molecule has 1 aliphatic rings. The van der Waals surface area contributed by atoms with E-state index in [4.69, 9.17) is 21.4 Å². The Bertz CT molecular complexity index is 1320. The molecule has 1 aromatic heterocycles. The number of anilines is 1. The Morgan fingerprint density at radius 3 is 2.52 bits per heavy atom. The van der Waals surface area contributed by atoms with Gasteiger partial charge < -0.3 is 14.3 Å². The number of furan rings is 1. The van der Waals surface area contributed by atoms with Crippen molar-refractivity contribution >= 4 is 46.9 Å². The zero-order valence-corrected chi connectivity index (χ0v) is 18.4. The lowest BCUT2D eigenvalue weighted by molar-refractivity contribution is -0.122. The Labute approximate surface area is 194 Å². The van der Waals surface area contributed by atoms with E-state index >= 15 is 0 Å². The number of carboxylic acid groups (broad SMARTS) is 1. The summed E-state index contributed by atoms with van der Waals surface area (Å²) in [6.07, 6.45) is 1.33. The molecule has 33 heavy (non-hydrogen) atoms. The number of benzene rings is 2. The highest BCUT2D eigenvalue weighted by atomic mass is 32.1. The summed E-state index contributed by atoms with van der Waals surface area (Å²) >= 11 is 5.20. The maximum Gasteiger partial charge on any atom is 0.335 e. The van der Waals surface area contributed by atoms with E-state index in [2.05, 4.69) is 5.32 Å². The molecule has 0 spiro atoms. The van der Waals surface area contributed by atoms with Gasteiger partial charge in [0.2, 0.25) is 0 Å². The van der Waals surface area contributed by atoms with Crippen molar-refractivity contribution in [1.82, 2.24) is 5.32 Å². The predicted molar refractivity (Wildman–Crippen MR) is 125 cm³/mol. The standard InChI is InChI=1S/C24H18N2O6S/c1-13-17(4-3-5-18(13)23(29)30)20-11-10-16(32-20)12-19-21(27)25-24(33)26(22(19)28)14-6-8-15(31-2)9-7-14/h3-12H,1-2H3,(H,29,30)(H,25,27,33). The summed E-state index contributed by atoms with van der Waals surface area (Å²) in [7, 11) is 1.53. The summed E-state index contributed by atoms with van der Waals surface area (Å²) in [4.78, 5) is 38.3. The molecule has 2 heterocycles. The molecule has 0 radical (unpaired) electrons. The minimum atomic E-state index is -1.04. The zero-order valence-electron chi connectivity index (χ0n) is 17.6. The second-order valence-corrected chi connectivity index (χ2v) is 7.53. The average molecular weight is 462 g/mol. The topological polar surface area (TPSA) is 109 Å². The Kier molecular flexibility index (Phi) is 5.80. The molecule has 0 bridgehead atoms. The first kappa shape index (κ1) is 22.0. The van der Waals surface area contributed by atoms with Gasteiger partial charge >= 0.3 is 5.97 Å². The molecule has 3 aromatic rings. The smallest absolute Gasteiger partial charge is 0.335 e. The van der Waals surface area contributed by atoms with Crippen molar-refractivity contribution < 1.29 is 28.6 Å². The van der Waals surface area contributed by atoms with Crippen molar-refractivity contribution in [3.63, 3.8) is 0 Å². The summed E-state index contributed by atoms with van der Waals surface area (Å²) in [5.41, 5.74) is 1.62. The van der Waals surface area contributed by atoms with Gasteiger partial charge in [0, 0.05) is 5.56 Å². The highest BCUT2D eigenvalue weighted by molar-refractivity contribution is 7.80. The Balaban J connectivity index is 1.67. The Morgan fingerprint density at radius 1 is 1.12 bits per heavy atom. The fraction of sp³-hybridized carbons (Fsp3) is 0.0833. The molecule has 2 aromatic carbocycles. The van der Waals surface area contributed by atoms with E-state index in [0.29, 0.717) is 28.3 Å².